The molecule has 20 heavy (non-hydrogen) atoms. The second-order valence-electron chi connectivity index (χ2n) is 5.75. The number of thioether (sulfide) groups is 1. The van der Waals surface area contributed by atoms with E-state index in [1.54, 1.807) is 6.07 Å². The highest BCUT2D eigenvalue weighted by Gasteiger charge is 2.30. The average Bonchev–Trinajstić information content (AvgIpc) is 2.42. The summed E-state index contributed by atoms with van der Waals surface area (Å²) in [6.07, 6.45) is 6.46. The zero-order chi connectivity index (χ0) is 14.4. The third kappa shape index (κ3) is 4.49. The van der Waals surface area contributed by atoms with Crippen LogP contribution < -0.4 is 5.32 Å². The molecule has 0 spiro atoms. The summed E-state index contributed by atoms with van der Waals surface area (Å²) in [5.41, 5.74) is 0. The van der Waals surface area contributed by atoms with Crippen LogP contribution in [0.2, 0.25) is 0 Å². The minimum absolute atomic E-state index is 0.129. The Hall–Kier alpha value is -0.540. The van der Waals surface area contributed by atoms with Gasteiger partial charge in [0.15, 0.2) is 0 Å². The largest absolute Gasteiger partial charge is 0.313 e. The van der Waals surface area contributed by atoms with Crippen molar-refractivity contribution in [1.82, 2.24) is 5.32 Å². The van der Waals surface area contributed by atoms with Gasteiger partial charge >= 0.3 is 0 Å². The van der Waals surface area contributed by atoms with Gasteiger partial charge < -0.3 is 5.32 Å². The molecule has 2 rings (SSSR count). The quantitative estimate of drug-likeness (QED) is 0.804. The molecule has 3 unspecified atom stereocenters. The van der Waals surface area contributed by atoms with Gasteiger partial charge in [-0.2, -0.15) is 0 Å². The predicted molar refractivity (Wildman–Crippen MR) is 85.8 cm³/mol. The highest BCUT2D eigenvalue weighted by molar-refractivity contribution is 8.00. The van der Waals surface area contributed by atoms with E-state index in [1.807, 2.05) is 23.9 Å². The molecule has 1 aromatic rings. The van der Waals surface area contributed by atoms with Gasteiger partial charge in [-0.3, -0.25) is 0 Å². The number of halogens is 1. The molecule has 1 aliphatic carbocycles. The summed E-state index contributed by atoms with van der Waals surface area (Å²) in [5, 5.41) is 4.19. The monoisotopic (exact) mass is 295 g/mol. The maximum Gasteiger partial charge on any atom is 0.124 e. The van der Waals surface area contributed by atoms with Crippen molar-refractivity contribution >= 4 is 11.8 Å². The molecule has 0 radical (unpaired) electrons. The lowest BCUT2D eigenvalue weighted by molar-refractivity contribution is 0.289. The summed E-state index contributed by atoms with van der Waals surface area (Å²) in [4.78, 5) is 1.06. The van der Waals surface area contributed by atoms with Crippen molar-refractivity contribution < 1.29 is 4.39 Å². The van der Waals surface area contributed by atoms with Crippen LogP contribution in [0.3, 0.4) is 0 Å². The van der Waals surface area contributed by atoms with Gasteiger partial charge in [0.05, 0.1) is 0 Å². The van der Waals surface area contributed by atoms with Gasteiger partial charge in [0.2, 0.25) is 0 Å². The number of nitrogens with one attached hydrogen (secondary N) is 1. The maximum absolute atomic E-state index is 13.3. The smallest absolute Gasteiger partial charge is 0.124 e. The van der Waals surface area contributed by atoms with Crippen LogP contribution in [0.25, 0.3) is 0 Å². The van der Waals surface area contributed by atoms with Crippen LogP contribution in [-0.4, -0.2) is 17.8 Å². The van der Waals surface area contributed by atoms with E-state index in [0.717, 1.165) is 17.4 Å². The molecule has 1 saturated carbocycles. The molecule has 0 bridgehead atoms. The molecule has 0 aromatic heterocycles. The van der Waals surface area contributed by atoms with Crippen LogP contribution >= 0.6 is 11.8 Å². The molecule has 1 aromatic carbocycles. The summed E-state index contributed by atoms with van der Waals surface area (Å²) in [5.74, 6) is 0.719. The number of hydrogen-bond acceptors (Lipinski definition) is 2. The lowest BCUT2D eigenvalue weighted by Gasteiger charge is -2.36. The first-order chi connectivity index (χ1) is 9.72. The second-order valence-corrected chi connectivity index (χ2v) is 7.06. The summed E-state index contributed by atoms with van der Waals surface area (Å²) in [6.45, 7) is 5.45. The van der Waals surface area contributed by atoms with Crippen LogP contribution in [0.1, 0.15) is 46.0 Å². The van der Waals surface area contributed by atoms with Crippen molar-refractivity contribution in [1.29, 1.82) is 0 Å². The van der Waals surface area contributed by atoms with Crippen molar-refractivity contribution in [2.24, 2.45) is 5.92 Å². The second kappa shape index (κ2) is 8.04. The van der Waals surface area contributed by atoms with Crippen LogP contribution in [0.4, 0.5) is 4.39 Å². The van der Waals surface area contributed by atoms with E-state index < -0.39 is 0 Å². The summed E-state index contributed by atoms with van der Waals surface area (Å²) in [6, 6.07) is 7.59. The Balaban J connectivity index is 2.02. The number of rotatable bonds is 6. The normalized spacial score (nSPS) is 26.6. The van der Waals surface area contributed by atoms with Crippen LogP contribution in [0, 0.1) is 11.7 Å². The molecule has 1 N–H and O–H groups in total. The Labute approximate surface area is 126 Å². The van der Waals surface area contributed by atoms with E-state index in [1.165, 1.54) is 38.2 Å². The number of benzene rings is 1. The van der Waals surface area contributed by atoms with Crippen LogP contribution in [0.5, 0.6) is 0 Å². The van der Waals surface area contributed by atoms with Gasteiger partial charge in [-0.1, -0.05) is 32.8 Å². The van der Waals surface area contributed by atoms with Gasteiger partial charge in [0.25, 0.3) is 0 Å². The zero-order valence-electron chi connectivity index (χ0n) is 12.6. The molecule has 3 heteroatoms. The maximum atomic E-state index is 13.3. The topological polar surface area (TPSA) is 12.0 Å². The summed E-state index contributed by atoms with van der Waals surface area (Å²) >= 11 is 1.85. The Morgan fingerprint density at radius 3 is 2.85 bits per heavy atom. The standard InChI is InChI=1S/C17H26FNS/c1-3-6-13-9-10-16(19-4-2)17(11-13)20-15-8-5-7-14(18)12-15/h5,7-8,12-13,16-17,19H,3-4,6,9-11H2,1-2H3. The third-order valence-corrected chi connectivity index (χ3v) is 5.50. The Kier molecular flexibility index (Phi) is 6.37. The van der Waals surface area contributed by atoms with E-state index in [0.29, 0.717) is 11.3 Å². The molecular formula is C17H26FNS. The highest BCUT2D eigenvalue weighted by atomic mass is 32.2. The molecule has 0 aliphatic heterocycles. The number of hydrogen-bond donors (Lipinski definition) is 1. The van der Waals surface area contributed by atoms with E-state index in [2.05, 4.69) is 19.2 Å². The van der Waals surface area contributed by atoms with Gasteiger partial charge in [-0.15, -0.1) is 11.8 Å². The first-order valence-electron chi connectivity index (χ1n) is 7.88. The fraction of sp³-hybridized carbons (Fsp3) is 0.647. The van der Waals surface area contributed by atoms with Gasteiger partial charge in [-0.25, -0.2) is 4.39 Å². The Bertz CT molecular complexity index is 410. The van der Waals surface area contributed by atoms with E-state index in [9.17, 15) is 4.39 Å². The minimum atomic E-state index is -0.129. The summed E-state index contributed by atoms with van der Waals surface area (Å²) in [7, 11) is 0. The fourth-order valence-electron chi connectivity index (χ4n) is 3.22. The average molecular weight is 295 g/mol. The predicted octanol–water partition coefficient (Wildman–Crippen LogP) is 4.86. The molecule has 112 valence electrons. The first-order valence-corrected chi connectivity index (χ1v) is 8.76. The zero-order valence-corrected chi connectivity index (χ0v) is 13.4. The van der Waals surface area contributed by atoms with Gasteiger partial charge in [-0.05, 0) is 49.9 Å². The molecule has 0 amide bonds. The van der Waals surface area contributed by atoms with Crippen molar-refractivity contribution in [3.05, 3.63) is 30.1 Å². The van der Waals surface area contributed by atoms with E-state index >= 15 is 0 Å². The lowest BCUT2D eigenvalue weighted by atomic mass is 9.83. The molecule has 1 aliphatic rings. The van der Waals surface area contributed by atoms with E-state index in [-0.39, 0.29) is 5.82 Å². The summed E-state index contributed by atoms with van der Waals surface area (Å²) < 4.78 is 13.3. The molecule has 1 nitrogen and oxygen atoms in total. The van der Waals surface area contributed by atoms with Crippen molar-refractivity contribution in [2.75, 3.05) is 6.54 Å². The SMILES string of the molecule is CCCC1CCC(NCC)C(Sc2cccc(F)c2)C1. The fourth-order valence-corrected chi connectivity index (χ4v) is 4.68. The minimum Gasteiger partial charge on any atom is -0.313 e. The van der Waals surface area contributed by atoms with Crippen molar-refractivity contribution in [3.8, 4) is 0 Å². The highest BCUT2D eigenvalue weighted by Crippen LogP contribution is 2.38. The van der Waals surface area contributed by atoms with Gasteiger partial charge in [0, 0.05) is 16.2 Å². The lowest BCUT2D eigenvalue weighted by Crippen LogP contribution is -2.42. The van der Waals surface area contributed by atoms with Crippen LogP contribution in [-0.2, 0) is 0 Å². The first kappa shape index (κ1) is 15.8. The molecular weight excluding hydrogens is 269 g/mol. The van der Waals surface area contributed by atoms with Crippen molar-refractivity contribution in [2.45, 2.75) is 62.1 Å². The molecule has 3 atom stereocenters. The van der Waals surface area contributed by atoms with Gasteiger partial charge in [0.1, 0.15) is 5.82 Å². The van der Waals surface area contributed by atoms with E-state index in [4.69, 9.17) is 0 Å². The Morgan fingerprint density at radius 1 is 1.30 bits per heavy atom. The Morgan fingerprint density at radius 2 is 2.15 bits per heavy atom. The van der Waals surface area contributed by atoms with Crippen molar-refractivity contribution in [3.63, 3.8) is 0 Å². The van der Waals surface area contributed by atoms with Crippen LogP contribution in [0.15, 0.2) is 29.2 Å². The molecule has 0 heterocycles. The molecule has 1 fully saturated rings. The third-order valence-electron chi connectivity index (χ3n) is 4.15. The molecule has 0 saturated heterocycles.